The highest BCUT2D eigenvalue weighted by Crippen LogP contribution is 2.41. The number of aryl methyl sites for hydroxylation is 1. The van der Waals surface area contributed by atoms with Gasteiger partial charge in [-0.2, -0.15) is 13.2 Å². The zero-order chi connectivity index (χ0) is 29.9. The molecule has 2 aromatic heterocycles. The summed E-state index contributed by atoms with van der Waals surface area (Å²) < 4.78 is 37.4. The van der Waals surface area contributed by atoms with E-state index in [1.165, 1.54) is 17.8 Å². The molecule has 2 aromatic rings. The monoisotopic (exact) mass is 632 g/mol. The Morgan fingerprint density at radius 3 is 2.68 bits per heavy atom. The number of fused-ring (bicyclic) bond motifs is 1. The van der Waals surface area contributed by atoms with Crippen molar-refractivity contribution in [2.45, 2.75) is 42.0 Å². The van der Waals surface area contributed by atoms with Crippen LogP contribution in [0.15, 0.2) is 45.9 Å². The number of β-lactam (4-membered cyclic amide) rings is 1. The molecule has 12 nitrogen and oxygen atoms in total. The topological polar surface area (TPSA) is 168 Å². The van der Waals surface area contributed by atoms with Crippen LogP contribution >= 0.6 is 34.9 Å². The predicted molar refractivity (Wildman–Crippen MR) is 143 cm³/mol. The highest BCUT2D eigenvalue weighted by atomic mass is 32.2. The molecule has 220 valence electrons. The van der Waals surface area contributed by atoms with Gasteiger partial charge in [0, 0.05) is 27.5 Å². The molecule has 0 bridgehead atoms. The van der Waals surface area contributed by atoms with Gasteiger partial charge in [0.1, 0.15) is 35.4 Å². The molecule has 2 aliphatic rings. The first-order valence-corrected chi connectivity index (χ1v) is 14.9. The van der Waals surface area contributed by atoms with Gasteiger partial charge in [-0.1, -0.05) is 13.0 Å². The van der Waals surface area contributed by atoms with E-state index < -0.39 is 54.0 Å². The summed E-state index contributed by atoms with van der Waals surface area (Å²) in [6, 6.07) is 2.59. The Balaban J connectivity index is 1.45. The number of carbonyl (C=O) groups is 4. The van der Waals surface area contributed by atoms with Crippen molar-refractivity contribution in [2.75, 3.05) is 18.1 Å². The molecule has 3 atom stereocenters. The van der Waals surface area contributed by atoms with E-state index in [1.807, 2.05) is 6.92 Å². The van der Waals surface area contributed by atoms with E-state index in [2.05, 4.69) is 15.7 Å². The van der Waals surface area contributed by atoms with Gasteiger partial charge in [0.25, 0.3) is 10.9 Å². The number of rotatable bonds is 10. The lowest BCUT2D eigenvalue weighted by molar-refractivity contribution is -0.707. The van der Waals surface area contributed by atoms with Crippen molar-refractivity contribution < 1.29 is 42.3 Å². The average Bonchev–Trinajstić information content (AvgIpc) is 3.46. The second-order valence-corrected chi connectivity index (χ2v) is 11.8. The maximum absolute atomic E-state index is 13.1. The second kappa shape index (κ2) is 12.6. The van der Waals surface area contributed by atoms with E-state index in [1.54, 1.807) is 28.9 Å². The van der Waals surface area contributed by atoms with Crippen LogP contribution in [0.2, 0.25) is 0 Å². The Kier molecular flexibility index (Phi) is 9.33. The van der Waals surface area contributed by atoms with Crippen LogP contribution in [0.3, 0.4) is 0 Å². The van der Waals surface area contributed by atoms with Gasteiger partial charge in [-0.05, 0) is 46.1 Å². The summed E-state index contributed by atoms with van der Waals surface area (Å²) in [4.78, 5) is 52.2. The molecule has 2 aliphatic heterocycles. The van der Waals surface area contributed by atoms with Crippen molar-refractivity contribution >= 4 is 58.7 Å². The van der Waals surface area contributed by atoms with Crippen LogP contribution in [0.25, 0.3) is 0 Å². The normalized spacial score (nSPS) is 19.2. The Hall–Kier alpha value is -3.51. The van der Waals surface area contributed by atoms with Crippen molar-refractivity contribution in [3.8, 4) is 0 Å². The van der Waals surface area contributed by atoms with Gasteiger partial charge in [0.2, 0.25) is 5.91 Å². The SMILES string of the molecule is CCc1ccc(SCC2=C(C(=O)O)N3C(=O)[C@H](NC(=O)C(NC(=O)NCC(F)(F)F)c4cccs4)C3SC2)[n+]([O-])n1. The summed E-state index contributed by atoms with van der Waals surface area (Å²) >= 11 is 3.36. The smallest absolute Gasteiger partial charge is 0.405 e. The first-order chi connectivity index (χ1) is 19.4. The maximum Gasteiger partial charge on any atom is 0.405 e. The number of halogens is 3. The first-order valence-electron chi connectivity index (χ1n) is 12.0. The van der Waals surface area contributed by atoms with Crippen molar-refractivity contribution in [1.82, 2.24) is 25.9 Å². The summed E-state index contributed by atoms with van der Waals surface area (Å²) in [5.74, 6) is -2.60. The fourth-order valence-corrected chi connectivity index (χ4v) is 7.12. The lowest BCUT2D eigenvalue weighted by Crippen LogP contribution is -2.71. The molecule has 4 heterocycles. The average molecular weight is 633 g/mol. The van der Waals surface area contributed by atoms with E-state index in [-0.39, 0.29) is 22.2 Å². The van der Waals surface area contributed by atoms with Crippen LogP contribution in [-0.4, -0.2) is 74.6 Å². The van der Waals surface area contributed by atoms with Crippen LogP contribution < -0.4 is 20.8 Å². The third-order valence-electron chi connectivity index (χ3n) is 5.94. The number of urea groups is 1. The molecule has 4 N–H and O–H groups in total. The third kappa shape index (κ3) is 7.05. The molecule has 4 amide bonds. The summed E-state index contributed by atoms with van der Waals surface area (Å²) in [6.07, 6.45) is -4.08. The van der Waals surface area contributed by atoms with E-state index in [0.717, 1.165) is 28.0 Å². The van der Waals surface area contributed by atoms with E-state index in [9.17, 15) is 42.7 Å². The van der Waals surface area contributed by atoms with Gasteiger partial charge in [-0.15, -0.1) is 23.1 Å². The number of alkyl halides is 3. The molecule has 2 unspecified atom stereocenters. The lowest BCUT2D eigenvalue weighted by Gasteiger charge is -2.49. The van der Waals surface area contributed by atoms with Crippen LogP contribution in [-0.2, 0) is 20.8 Å². The largest absolute Gasteiger partial charge is 0.593 e. The van der Waals surface area contributed by atoms with Gasteiger partial charge in [-0.25, -0.2) is 9.59 Å². The molecule has 1 fully saturated rings. The Morgan fingerprint density at radius 1 is 1.32 bits per heavy atom. The van der Waals surface area contributed by atoms with Gasteiger partial charge < -0.3 is 26.3 Å². The Labute approximate surface area is 243 Å². The number of hydrogen-bond donors (Lipinski definition) is 4. The van der Waals surface area contributed by atoms with Crippen LogP contribution in [0.1, 0.15) is 23.5 Å². The fraction of sp³-hybridized carbons (Fsp3) is 0.391. The van der Waals surface area contributed by atoms with E-state index in [0.29, 0.717) is 27.4 Å². The quantitative estimate of drug-likeness (QED) is 0.132. The van der Waals surface area contributed by atoms with E-state index >= 15 is 0 Å². The number of thioether (sulfide) groups is 2. The molecule has 0 spiro atoms. The summed E-state index contributed by atoms with van der Waals surface area (Å²) in [5, 5.41) is 33.4. The Morgan fingerprint density at radius 2 is 2.07 bits per heavy atom. The van der Waals surface area contributed by atoms with Gasteiger partial charge in [0.05, 0.1) is 0 Å². The van der Waals surface area contributed by atoms with Crippen LogP contribution in [0.4, 0.5) is 18.0 Å². The van der Waals surface area contributed by atoms with Gasteiger partial charge in [-0.3, -0.25) is 14.5 Å². The molecule has 41 heavy (non-hydrogen) atoms. The lowest BCUT2D eigenvalue weighted by atomic mass is 10.0. The second-order valence-electron chi connectivity index (χ2n) is 8.72. The maximum atomic E-state index is 13.1. The number of hydrogen-bond acceptors (Lipinski definition) is 9. The fourth-order valence-electron chi connectivity index (χ4n) is 4.00. The molecule has 0 aliphatic carbocycles. The standard InChI is InChI=1S/C23H23F3N6O6S3/c1-2-12-5-6-14(32(38)30-12)40-8-11-9-41-20-16(19(34)31(20)17(11)21(35)36)28-18(33)15(13-4-3-7-39-13)29-22(37)27-10-23(24,25)26/h3-7,15-16,20H,2,8-10H2,1H3,(H,28,33)(H,35,36)(H2,27,29,37)/t15?,16-,20?/m0/s1. The van der Waals surface area contributed by atoms with Crippen LogP contribution in [0, 0.1) is 5.21 Å². The number of nitrogens with zero attached hydrogens (tertiary/aromatic N) is 3. The molecule has 1 saturated heterocycles. The van der Waals surface area contributed by atoms with E-state index in [4.69, 9.17) is 0 Å². The molecule has 18 heteroatoms. The molecular formula is C23H23F3N6O6S3. The molecule has 0 saturated carbocycles. The van der Waals surface area contributed by atoms with Crippen LogP contribution in [0.5, 0.6) is 0 Å². The number of carbonyl (C=O) groups excluding carboxylic acids is 3. The number of amides is 4. The Bertz CT molecular complexity index is 1370. The zero-order valence-corrected chi connectivity index (χ0v) is 23.6. The summed E-state index contributed by atoms with van der Waals surface area (Å²) in [7, 11) is 0. The molecule has 4 rings (SSSR count). The third-order valence-corrected chi connectivity index (χ3v) is 9.30. The van der Waals surface area contributed by atoms with Crippen molar-refractivity contribution in [3.63, 3.8) is 0 Å². The number of carboxylic acid groups (broad SMARTS) is 1. The highest BCUT2D eigenvalue weighted by molar-refractivity contribution is 8.01. The molecule has 0 radical (unpaired) electrons. The minimum Gasteiger partial charge on any atom is -0.593 e. The number of thiophene rings is 1. The molecular weight excluding hydrogens is 609 g/mol. The molecule has 0 aromatic carbocycles. The van der Waals surface area contributed by atoms with Gasteiger partial charge >= 0.3 is 18.2 Å². The summed E-state index contributed by atoms with van der Waals surface area (Å²) in [5.41, 5.74) is 0.760. The minimum atomic E-state index is -4.66. The number of aromatic nitrogens is 2. The van der Waals surface area contributed by atoms with Gasteiger partial charge in [0.15, 0.2) is 0 Å². The number of carboxylic acids is 1. The highest BCUT2D eigenvalue weighted by Gasteiger charge is 2.54. The van der Waals surface area contributed by atoms with Crippen molar-refractivity contribution in [1.29, 1.82) is 0 Å². The number of aliphatic carboxylic acids is 1. The minimum absolute atomic E-state index is 0.106. The van der Waals surface area contributed by atoms with Crippen molar-refractivity contribution in [2.24, 2.45) is 0 Å². The zero-order valence-electron chi connectivity index (χ0n) is 21.1. The number of nitrogens with one attached hydrogen (secondary N) is 3. The summed E-state index contributed by atoms with van der Waals surface area (Å²) in [6.45, 7) is 0.246. The van der Waals surface area contributed by atoms with Crippen molar-refractivity contribution in [3.05, 3.63) is 56.7 Å². The first kappa shape index (κ1) is 30.4. The predicted octanol–water partition coefficient (Wildman–Crippen LogP) is 1.77.